The molecular formula is C21H15F3IN. The summed E-state index contributed by atoms with van der Waals surface area (Å²) in [5.74, 6) is -1.20. The lowest BCUT2D eigenvalue weighted by atomic mass is 10.1. The second-order valence-corrected chi connectivity index (χ2v) is 7.77. The molecule has 0 bridgehead atoms. The van der Waals surface area contributed by atoms with Crippen LogP contribution in [-0.2, 0) is 0 Å². The number of halogens is 4. The highest BCUT2D eigenvalue weighted by Gasteiger charge is 2.21. The molecule has 3 aromatic carbocycles. The molecule has 0 aliphatic carbocycles. The van der Waals surface area contributed by atoms with E-state index in [1.165, 1.54) is 12.1 Å². The third kappa shape index (κ3) is 2.44. The molecule has 1 nitrogen and oxygen atoms in total. The molecule has 4 aromatic rings. The Hall–Kier alpha value is -2.02. The maximum atomic E-state index is 15.1. The molecule has 0 aliphatic rings. The van der Waals surface area contributed by atoms with Crippen molar-refractivity contribution in [2.45, 2.75) is 20.8 Å². The number of aryl methyl sites for hydroxylation is 2. The number of fused-ring (bicyclic) bond motifs is 3. The normalized spacial score (nSPS) is 11.7. The third-order valence-electron chi connectivity index (χ3n) is 4.78. The van der Waals surface area contributed by atoms with Crippen LogP contribution in [0.15, 0.2) is 36.4 Å². The van der Waals surface area contributed by atoms with Crippen LogP contribution in [0, 0.1) is 41.8 Å². The summed E-state index contributed by atoms with van der Waals surface area (Å²) in [6, 6.07) is 9.74. The Morgan fingerprint density at radius 3 is 2.31 bits per heavy atom. The van der Waals surface area contributed by atoms with Crippen molar-refractivity contribution in [3.05, 3.63) is 74.1 Å². The Labute approximate surface area is 162 Å². The molecule has 26 heavy (non-hydrogen) atoms. The minimum atomic E-state index is -0.454. The van der Waals surface area contributed by atoms with E-state index in [2.05, 4.69) is 22.6 Å². The second-order valence-electron chi connectivity index (χ2n) is 6.60. The molecule has 0 spiro atoms. The predicted octanol–water partition coefficient (Wildman–Crippen LogP) is 6.73. The van der Waals surface area contributed by atoms with E-state index in [1.807, 2.05) is 6.07 Å². The molecule has 5 heteroatoms. The van der Waals surface area contributed by atoms with Crippen LogP contribution in [0.4, 0.5) is 13.2 Å². The molecule has 0 atom stereocenters. The zero-order chi connectivity index (χ0) is 18.7. The Balaban J connectivity index is 2.29. The summed E-state index contributed by atoms with van der Waals surface area (Å²) in [4.78, 5) is 0. The molecule has 4 rings (SSSR count). The summed E-state index contributed by atoms with van der Waals surface area (Å²) < 4.78 is 46.5. The molecule has 0 radical (unpaired) electrons. The number of benzene rings is 3. The highest BCUT2D eigenvalue weighted by atomic mass is 127. The summed E-state index contributed by atoms with van der Waals surface area (Å²) in [6.45, 7) is 5.15. The van der Waals surface area contributed by atoms with Crippen molar-refractivity contribution in [3.63, 3.8) is 0 Å². The highest BCUT2D eigenvalue weighted by molar-refractivity contribution is 14.1. The van der Waals surface area contributed by atoms with Crippen LogP contribution < -0.4 is 0 Å². The summed E-state index contributed by atoms with van der Waals surface area (Å²) in [5.41, 5.74) is 2.99. The van der Waals surface area contributed by atoms with Gasteiger partial charge >= 0.3 is 0 Å². The van der Waals surface area contributed by atoms with E-state index >= 15 is 4.39 Å². The van der Waals surface area contributed by atoms with Crippen LogP contribution in [0.2, 0.25) is 0 Å². The molecule has 0 saturated heterocycles. The zero-order valence-corrected chi connectivity index (χ0v) is 16.6. The standard InChI is InChI=1S/C21H15F3IN/c1-10-6-14-19-18(9-17(25)12(3)20(19)24)26(21(14)16(23)7-10)13-5-4-11(2)15(22)8-13/h4-9H,1-3H3. The molecular weight excluding hydrogens is 450 g/mol. The van der Waals surface area contributed by atoms with Gasteiger partial charge < -0.3 is 4.57 Å². The first kappa shape index (κ1) is 17.4. The monoisotopic (exact) mass is 465 g/mol. The predicted molar refractivity (Wildman–Crippen MR) is 108 cm³/mol. The van der Waals surface area contributed by atoms with Crippen molar-refractivity contribution < 1.29 is 13.2 Å². The van der Waals surface area contributed by atoms with Gasteiger partial charge in [0.1, 0.15) is 17.5 Å². The maximum Gasteiger partial charge on any atom is 0.148 e. The van der Waals surface area contributed by atoms with E-state index < -0.39 is 5.82 Å². The summed E-state index contributed by atoms with van der Waals surface area (Å²) >= 11 is 2.07. The Bertz CT molecular complexity index is 1210. The molecule has 132 valence electrons. The molecule has 1 aromatic heterocycles. The van der Waals surface area contributed by atoms with Gasteiger partial charge in [0.2, 0.25) is 0 Å². The van der Waals surface area contributed by atoms with Gasteiger partial charge in [0, 0.05) is 20.0 Å². The van der Waals surface area contributed by atoms with Crippen molar-refractivity contribution in [3.8, 4) is 5.69 Å². The van der Waals surface area contributed by atoms with Crippen LogP contribution in [-0.4, -0.2) is 4.57 Å². The minimum Gasteiger partial charge on any atom is -0.306 e. The summed E-state index contributed by atoms with van der Waals surface area (Å²) in [7, 11) is 0. The average molecular weight is 465 g/mol. The SMILES string of the molecule is Cc1cc(F)c2c(c1)c1c(F)c(C)c(I)cc1n2-c1ccc(C)c(F)c1. The zero-order valence-electron chi connectivity index (χ0n) is 14.4. The smallest absolute Gasteiger partial charge is 0.148 e. The lowest BCUT2D eigenvalue weighted by Gasteiger charge is -2.10. The van der Waals surface area contributed by atoms with Crippen LogP contribution in [0.1, 0.15) is 16.7 Å². The topological polar surface area (TPSA) is 4.93 Å². The van der Waals surface area contributed by atoms with Gasteiger partial charge in [0.15, 0.2) is 0 Å². The first-order valence-corrected chi connectivity index (χ1v) is 9.23. The average Bonchev–Trinajstić information content (AvgIpc) is 2.89. The lowest BCUT2D eigenvalue weighted by Crippen LogP contribution is -1.98. The molecule has 0 saturated carbocycles. The molecule has 1 heterocycles. The molecule has 0 amide bonds. The van der Waals surface area contributed by atoms with Gasteiger partial charge in [-0.05, 0) is 90.4 Å². The largest absolute Gasteiger partial charge is 0.306 e. The van der Waals surface area contributed by atoms with Crippen molar-refractivity contribution >= 4 is 44.4 Å². The van der Waals surface area contributed by atoms with Gasteiger partial charge in [-0.15, -0.1) is 0 Å². The van der Waals surface area contributed by atoms with Crippen molar-refractivity contribution in [2.75, 3.05) is 0 Å². The van der Waals surface area contributed by atoms with Gasteiger partial charge in [0.25, 0.3) is 0 Å². The van der Waals surface area contributed by atoms with E-state index in [0.717, 1.165) is 3.57 Å². The number of rotatable bonds is 1. The maximum absolute atomic E-state index is 15.1. The first-order valence-electron chi connectivity index (χ1n) is 8.15. The van der Waals surface area contributed by atoms with Crippen molar-refractivity contribution in [1.82, 2.24) is 4.57 Å². The molecule has 0 unspecified atom stereocenters. The van der Waals surface area contributed by atoms with Crippen LogP contribution in [0.5, 0.6) is 0 Å². The van der Waals surface area contributed by atoms with E-state index in [1.54, 1.807) is 43.5 Å². The minimum absolute atomic E-state index is 0.258. The second kappa shape index (κ2) is 6.01. The quantitative estimate of drug-likeness (QED) is 0.275. The van der Waals surface area contributed by atoms with E-state index in [0.29, 0.717) is 38.7 Å². The number of hydrogen-bond acceptors (Lipinski definition) is 0. The number of nitrogens with zero attached hydrogens (tertiary/aromatic N) is 1. The van der Waals surface area contributed by atoms with Gasteiger partial charge in [-0.1, -0.05) is 6.07 Å². The van der Waals surface area contributed by atoms with Crippen LogP contribution in [0.25, 0.3) is 27.5 Å². The van der Waals surface area contributed by atoms with Gasteiger partial charge in [-0.3, -0.25) is 0 Å². The fourth-order valence-electron chi connectivity index (χ4n) is 3.40. The first-order chi connectivity index (χ1) is 12.3. The van der Waals surface area contributed by atoms with Crippen LogP contribution in [0.3, 0.4) is 0 Å². The molecule has 0 N–H and O–H groups in total. The van der Waals surface area contributed by atoms with E-state index in [9.17, 15) is 8.78 Å². The summed E-state index contributed by atoms with van der Waals surface area (Å²) in [6.07, 6.45) is 0. The molecule has 0 aliphatic heterocycles. The number of hydrogen-bond donors (Lipinski definition) is 0. The highest BCUT2D eigenvalue weighted by Crippen LogP contribution is 2.38. The Morgan fingerprint density at radius 1 is 0.885 bits per heavy atom. The third-order valence-corrected chi connectivity index (χ3v) is 5.90. The van der Waals surface area contributed by atoms with Crippen molar-refractivity contribution in [1.29, 1.82) is 0 Å². The lowest BCUT2D eigenvalue weighted by molar-refractivity contribution is 0.616. The van der Waals surface area contributed by atoms with Gasteiger partial charge in [-0.25, -0.2) is 13.2 Å². The van der Waals surface area contributed by atoms with Gasteiger partial charge in [-0.2, -0.15) is 0 Å². The van der Waals surface area contributed by atoms with Crippen molar-refractivity contribution in [2.24, 2.45) is 0 Å². The Kier molecular flexibility index (Phi) is 4.02. The summed E-state index contributed by atoms with van der Waals surface area (Å²) in [5, 5.41) is 0.858. The fourth-order valence-corrected chi connectivity index (χ4v) is 3.93. The van der Waals surface area contributed by atoms with E-state index in [4.69, 9.17) is 0 Å². The molecule has 0 fully saturated rings. The van der Waals surface area contributed by atoms with Gasteiger partial charge in [0.05, 0.1) is 11.0 Å². The number of aromatic nitrogens is 1. The van der Waals surface area contributed by atoms with Crippen LogP contribution >= 0.6 is 22.6 Å². The van der Waals surface area contributed by atoms with E-state index in [-0.39, 0.29) is 17.2 Å². The Morgan fingerprint density at radius 2 is 1.62 bits per heavy atom. The fraction of sp³-hybridized carbons (Fsp3) is 0.143.